The maximum Gasteiger partial charge on any atom is 0.227 e. The van der Waals surface area contributed by atoms with E-state index in [1.807, 2.05) is 54.9 Å². The van der Waals surface area contributed by atoms with Gasteiger partial charge in [-0.15, -0.1) is 0 Å². The van der Waals surface area contributed by atoms with Gasteiger partial charge in [-0.2, -0.15) is 5.10 Å². The fourth-order valence-electron chi connectivity index (χ4n) is 3.04. The number of nitrogens with zero attached hydrogens (tertiary/aromatic N) is 4. The zero-order valence-corrected chi connectivity index (χ0v) is 16.6. The van der Waals surface area contributed by atoms with Crippen molar-refractivity contribution in [1.29, 1.82) is 0 Å². The number of hydrogen-bond donors (Lipinski definition) is 0. The lowest BCUT2D eigenvalue weighted by molar-refractivity contribution is -0.130. The average Bonchev–Trinajstić information content (AvgIpc) is 3.22. The second-order valence-corrected chi connectivity index (χ2v) is 7.20. The molecule has 0 N–H and O–H groups in total. The van der Waals surface area contributed by atoms with Gasteiger partial charge in [-0.3, -0.25) is 4.79 Å². The highest BCUT2D eigenvalue weighted by Crippen LogP contribution is 2.20. The fourth-order valence-corrected chi connectivity index (χ4v) is 3.04. The summed E-state index contributed by atoms with van der Waals surface area (Å²) in [6, 6.07) is 11.9. The first kappa shape index (κ1) is 18.9. The second-order valence-electron chi connectivity index (χ2n) is 7.20. The molecule has 0 saturated heterocycles. The summed E-state index contributed by atoms with van der Waals surface area (Å²) in [5.74, 6) is 1.02. The summed E-state index contributed by atoms with van der Waals surface area (Å²) in [5, 5.41) is 8.67. The average molecular weight is 366 g/mol. The smallest absolute Gasteiger partial charge is 0.227 e. The van der Waals surface area contributed by atoms with Gasteiger partial charge in [-0.1, -0.05) is 37.2 Å². The lowest BCUT2D eigenvalue weighted by Gasteiger charge is -2.15. The monoisotopic (exact) mass is 366 g/mol. The molecule has 1 aromatic carbocycles. The van der Waals surface area contributed by atoms with Crippen LogP contribution in [0.5, 0.6) is 0 Å². The summed E-state index contributed by atoms with van der Waals surface area (Å²) in [5.41, 5.74) is 4.73. The Labute approximate surface area is 159 Å². The van der Waals surface area contributed by atoms with Gasteiger partial charge in [0.2, 0.25) is 5.91 Å². The van der Waals surface area contributed by atoms with Crippen LogP contribution in [0.1, 0.15) is 48.2 Å². The number of benzene rings is 1. The predicted octanol–water partition coefficient (Wildman–Crippen LogP) is 3.80. The highest BCUT2D eigenvalue weighted by atomic mass is 16.5. The maximum absolute atomic E-state index is 12.7. The molecule has 2 heterocycles. The minimum absolute atomic E-state index is 0.0244. The Morgan fingerprint density at radius 3 is 2.56 bits per heavy atom. The first-order valence-electron chi connectivity index (χ1n) is 9.16. The van der Waals surface area contributed by atoms with Crippen molar-refractivity contribution in [2.75, 3.05) is 7.05 Å². The molecule has 0 saturated carbocycles. The van der Waals surface area contributed by atoms with Gasteiger partial charge in [0, 0.05) is 24.4 Å². The van der Waals surface area contributed by atoms with Crippen LogP contribution in [-0.4, -0.2) is 32.8 Å². The summed E-state index contributed by atoms with van der Waals surface area (Å²) in [6.07, 6.45) is 0.312. The summed E-state index contributed by atoms with van der Waals surface area (Å²) in [4.78, 5) is 14.4. The number of rotatable bonds is 6. The quantitative estimate of drug-likeness (QED) is 0.666. The lowest BCUT2D eigenvalue weighted by Crippen LogP contribution is -2.27. The summed E-state index contributed by atoms with van der Waals surface area (Å²) < 4.78 is 7.24. The number of aryl methyl sites for hydroxylation is 1. The zero-order valence-electron chi connectivity index (χ0n) is 16.6. The van der Waals surface area contributed by atoms with E-state index in [4.69, 9.17) is 4.52 Å². The van der Waals surface area contributed by atoms with Gasteiger partial charge in [0.1, 0.15) is 0 Å². The largest absolute Gasteiger partial charge is 0.359 e. The molecule has 0 aliphatic rings. The first-order chi connectivity index (χ1) is 12.9. The van der Waals surface area contributed by atoms with Gasteiger partial charge in [0.15, 0.2) is 5.76 Å². The Kier molecular flexibility index (Phi) is 5.44. The van der Waals surface area contributed by atoms with Crippen molar-refractivity contribution in [2.24, 2.45) is 0 Å². The highest BCUT2D eigenvalue weighted by Gasteiger charge is 2.19. The van der Waals surface area contributed by atoms with Crippen molar-refractivity contribution in [3.8, 4) is 5.69 Å². The van der Waals surface area contributed by atoms with Crippen LogP contribution in [0.3, 0.4) is 0 Å². The Morgan fingerprint density at radius 2 is 1.93 bits per heavy atom. The molecule has 0 fully saturated rings. The van der Waals surface area contributed by atoms with Gasteiger partial charge < -0.3 is 9.42 Å². The maximum atomic E-state index is 12.7. The van der Waals surface area contributed by atoms with Gasteiger partial charge in [-0.25, -0.2) is 4.68 Å². The molecular weight excluding hydrogens is 340 g/mol. The molecule has 2 aromatic heterocycles. The molecule has 0 aliphatic heterocycles. The molecular formula is C21H26N4O2. The minimum atomic E-state index is 0.0244. The molecule has 142 valence electrons. The van der Waals surface area contributed by atoms with Crippen LogP contribution in [0.2, 0.25) is 0 Å². The molecule has 3 rings (SSSR count). The predicted molar refractivity (Wildman–Crippen MR) is 104 cm³/mol. The van der Waals surface area contributed by atoms with E-state index in [-0.39, 0.29) is 5.91 Å². The van der Waals surface area contributed by atoms with Crippen molar-refractivity contribution < 1.29 is 9.32 Å². The van der Waals surface area contributed by atoms with Gasteiger partial charge >= 0.3 is 0 Å². The van der Waals surface area contributed by atoms with E-state index in [9.17, 15) is 4.79 Å². The van der Waals surface area contributed by atoms with Gasteiger partial charge in [0.05, 0.1) is 30.0 Å². The van der Waals surface area contributed by atoms with Crippen molar-refractivity contribution in [3.05, 3.63) is 64.8 Å². The van der Waals surface area contributed by atoms with Crippen LogP contribution in [-0.2, 0) is 17.8 Å². The van der Waals surface area contributed by atoms with E-state index < -0.39 is 0 Å². The Bertz CT molecular complexity index is 925. The third-order valence-electron chi connectivity index (χ3n) is 4.76. The third-order valence-corrected chi connectivity index (χ3v) is 4.76. The van der Waals surface area contributed by atoms with E-state index in [1.54, 1.807) is 11.9 Å². The molecule has 6 nitrogen and oxygen atoms in total. The summed E-state index contributed by atoms with van der Waals surface area (Å²) >= 11 is 0. The molecule has 0 unspecified atom stereocenters. The number of carbonyl (C=O) groups is 1. The highest BCUT2D eigenvalue weighted by molar-refractivity contribution is 5.79. The van der Waals surface area contributed by atoms with E-state index in [0.717, 1.165) is 28.3 Å². The van der Waals surface area contributed by atoms with Crippen LogP contribution in [0.15, 0.2) is 40.9 Å². The van der Waals surface area contributed by atoms with Crippen LogP contribution in [0, 0.1) is 13.8 Å². The lowest BCUT2D eigenvalue weighted by atomic mass is 10.1. The molecule has 0 bridgehead atoms. The van der Waals surface area contributed by atoms with Crippen molar-refractivity contribution in [1.82, 2.24) is 19.8 Å². The Balaban J connectivity index is 1.72. The Morgan fingerprint density at radius 1 is 1.22 bits per heavy atom. The molecule has 6 heteroatoms. The molecule has 0 atom stereocenters. The van der Waals surface area contributed by atoms with Gasteiger partial charge in [0.25, 0.3) is 0 Å². The normalized spacial score (nSPS) is 11.2. The fraction of sp³-hybridized carbons (Fsp3) is 0.381. The minimum Gasteiger partial charge on any atom is -0.359 e. The standard InChI is InChI=1S/C21H26N4O2/c1-14(2)20-11-18(27-23-20)13-24(5)21(26)12-19-15(3)22-25(16(19)4)17-9-7-6-8-10-17/h6-11,14H,12-13H2,1-5H3. The number of para-hydroxylation sites is 1. The molecule has 27 heavy (non-hydrogen) atoms. The van der Waals surface area contributed by atoms with E-state index in [1.165, 1.54) is 0 Å². The number of hydrogen-bond acceptors (Lipinski definition) is 4. The number of amides is 1. The number of aromatic nitrogens is 3. The molecule has 3 aromatic rings. The molecule has 0 radical (unpaired) electrons. The number of carbonyl (C=O) groups excluding carboxylic acids is 1. The van der Waals surface area contributed by atoms with Crippen LogP contribution in [0.25, 0.3) is 5.69 Å². The molecule has 1 amide bonds. The second kappa shape index (κ2) is 7.78. The van der Waals surface area contributed by atoms with E-state index >= 15 is 0 Å². The molecule has 0 aliphatic carbocycles. The van der Waals surface area contributed by atoms with E-state index in [0.29, 0.717) is 24.6 Å². The van der Waals surface area contributed by atoms with Crippen LogP contribution >= 0.6 is 0 Å². The van der Waals surface area contributed by atoms with E-state index in [2.05, 4.69) is 24.1 Å². The summed E-state index contributed by atoms with van der Waals surface area (Å²) in [6.45, 7) is 8.48. The van der Waals surface area contributed by atoms with Crippen molar-refractivity contribution in [2.45, 2.75) is 46.6 Å². The zero-order chi connectivity index (χ0) is 19.6. The van der Waals surface area contributed by atoms with Crippen molar-refractivity contribution >= 4 is 5.91 Å². The van der Waals surface area contributed by atoms with Crippen LogP contribution < -0.4 is 0 Å². The topological polar surface area (TPSA) is 64.2 Å². The first-order valence-corrected chi connectivity index (χ1v) is 9.16. The Hall–Kier alpha value is -2.89. The van der Waals surface area contributed by atoms with Crippen molar-refractivity contribution in [3.63, 3.8) is 0 Å². The summed E-state index contributed by atoms with van der Waals surface area (Å²) in [7, 11) is 1.78. The third kappa shape index (κ3) is 4.10. The SMILES string of the molecule is Cc1nn(-c2ccccc2)c(C)c1CC(=O)N(C)Cc1cc(C(C)C)no1. The van der Waals surface area contributed by atoms with Crippen LogP contribution in [0.4, 0.5) is 0 Å². The molecule has 0 spiro atoms. The number of likely N-dealkylation sites (N-methyl/N-ethyl adjacent to an activating group) is 1. The van der Waals surface area contributed by atoms with Gasteiger partial charge in [-0.05, 0) is 31.9 Å².